The minimum atomic E-state index is -0.721. The van der Waals surface area contributed by atoms with Gasteiger partial charge in [0.25, 0.3) is 0 Å². The van der Waals surface area contributed by atoms with Crippen LogP contribution in [0.4, 0.5) is 0 Å². The third-order valence-electron chi connectivity index (χ3n) is 4.68. The van der Waals surface area contributed by atoms with E-state index in [9.17, 15) is 14.9 Å². The number of rotatable bonds is 6. The van der Waals surface area contributed by atoms with Gasteiger partial charge in [0.2, 0.25) is 0 Å². The zero-order valence-electron chi connectivity index (χ0n) is 15.8. The van der Waals surface area contributed by atoms with E-state index < -0.39 is 17.5 Å². The van der Waals surface area contributed by atoms with Crippen LogP contribution in [0.5, 0.6) is 0 Å². The van der Waals surface area contributed by atoms with E-state index in [0.29, 0.717) is 27.1 Å². The molecule has 3 rings (SSSR count). The lowest BCUT2D eigenvalue weighted by Crippen LogP contribution is -2.18. The van der Waals surface area contributed by atoms with E-state index in [0.717, 1.165) is 0 Å². The van der Waals surface area contributed by atoms with Crippen LogP contribution in [0.25, 0.3) is 11.0 Å². The molecule has 29 heavy (non-hydrogen) atoms. The fourth-order valence-electron chi connectivity index (χ4n) is 3.29. The van der Waals surface area contributed by atoms with Crippen LogP contribution in [0, 0.1) is 11.3 Å². The van der Waals surface area contributed by atoms with Gasteiger partial charge in [0, 0.05) is 21.9 Å². The Morgan fingerprint density at radius 3 is 2.62 bits per heavy atom. The predicted molar refractivity (Wildman–Crippen MR) is 111 cm³/mol. The monoisotopic (exact) mass is 407 g/mol. The van der Waals surface area contributed by atoms with Crippen molar-refractivity contribution in [3.63, 3.8) is 0 Å². The molecule has 1 atom stereocenters. The molecule has 0 aliphatic rings. The minimum absolute atomic E-state index is 0.0996. The number of carbonyl (C=O) groups excluding carboxylic acids is 1. The summed E-state index contributed by atoms with van der Waals surface area (Å²) in [6, 6.07) is 16.0. The average Bonchev–Trinajstić information content (AvgIpc) is 2.72. The van der Waals surface area contributed by atoms with E-state index in [1.165, 1.54) is 0 Å². The highest BCUT2D eigenvalue weighted by Crippen LogP contribution is 2.35. The Balaban J connectivity index is 2.21. The molecule has 5 nitrogen and oxygen atoms in total. The van der Waals surface area contributed by atoms with E-state index in [1.807, 2.05) is 6.07 Å². The first kappa shape index (κ1) is 20.4. The third-order valence-corrected chi connectivity index (χ3v) is 5.02. The fourth-order valence-corrected chi connectivity index (χ4v) is 3.56. The van der Waals surface area contributed by atoms with Crippen molar-refractivity contribution >= 4 is 28.5 Å². The molecule has 0 bridgehead atoms. The van der Waals surface area contributed by atoms with Crippen LogP contribution < -0.4 is 5.63 Å². The second-order valence-electron chi connectivity index (χ2n) is 6.37. The number of esters is 1. The predicted octanol–water partition coefficient (Wildman–Crippen LogP) is 4.76. The lowest BCUT2D eigenvalue weighted by atomic mass is 9.84. The van der Waals surface area contributed by atoms with Crippen LogP contribution in [-0.4, -0.2) is 12.6 Å². The molecule has 0 saturated heterocycles. The van der Waals surface area contributed by atoms with Gasteiger partial charge < -0.3 is 9.15 Å². The molecule has 6 heteroatoms. The molecule has 0 amide bonds. The molecule has 0 radical (unpaired) electrons. The molecule has 2 aromatic carbocycles. The van der Waals surface area contributed by atoms with Crippen LogP contribution >= 0.6 is 11.6 Å². The Hall–Kier alpha value is -3.36. The summed E-state index contributed by atoms with van der Waals surface area (Å²) in [5, 5.41) is 10.7. The average molecular weight is 408 g/mol. The van der Waals surface area contributed by atoms with Gasteiger partial charge >= 0.3 is 11.6 Å². The maximum absolute atomic E-state index is 12.4. The summed E-state index contributed by atoms with van der Waals surface area (Å²) < 4.78 is 10.4. The summed E-state index contributed by atoms with van der Waals surface area (Å²) in [6.07, 6.45) is 0.163. The van der Waals surface area contributed by atoms with Gasteiger partial charge in [-0.1, -0.05) is 54.6 Å². The number of para-hydroxylation sites is 1. The highest BCUT2D eigenvalue weighted by molar-refractivity contribution is 6.31. The van der Waals surface area contributed by atoms with E-state index in [4.69, 9.17) is 20.8 Å². The van der Waals surface area contributed by atoms with Crippen molar-refractivity contribution in [1.82, 2.24) is 0 Å². The van der Waals surface area contributed by atoms with E-state index in [1.54, 1.807) is 55.5 Å². The standard InChI is InChI=1S/C23H18ClNO4/c1-3-28-22(26)14(2)17(15-8-4-6-10-20(15)24)12-18-16-9-5-7-11-21(16)29-23(27)19(18)13-25/h4-11,17H,2-3,12H2,1H3/t17-/m1/s1. The number of hydrogen-bond donors (Lipinski definition) is 0. The van der Waals surface area contributed by atoms with Crippen molar-refractivity contribution in [3.8, 4) is 6.07 Å². The maximum atomic E-state index is 12.4. The van der Waals surface area contributed by atoms with Gasteiger partial charge in [0.15, 0.2) is 0 Å². The molecule has 0 fully saturated rings. The second kappa shape index (κ2) is 8.76. The molecule has 0 aliphatic heterocycles. The van der Waals surface area contributed by atoms with Crippen molar-refractivity contribution in [2.45, 2.75) is 19.3 Å². The highest BCUT2D eigenvalue weighted by Gasteiger charge is 2.27. The highest BCUT2D eigenvalue weighted by atomic mass is 35.5. The van der Waals surface area contributed by atoms with Crippen LogP contribution in [0.15, 0.2) is 69.9 Å². The van der Waals surface area contributed by atoms with Crippen molar-refractivity contribution in [3.05, 3.63) is 92.8 Å². The van der Waals surface area contributed by atoms with Crippen LogP contribution in [0.3, 0.4) is 0 Å². The Labute approximate surface area is 172 Å². The van der Waals surface area contributed by atoms with Gasteiger partial charge in [-0.3, -0.25) is 0 Å². The number of halogens is 1. The summed E-state index contributed by atoms with van der Waals surface area (Å²) >= 11 is 6.40. The SMILES string of the molecule is C=C(C(=O)OCC)[C@@H](Cc1c(C#N)c(=O)oc2ccccc12)c1ccccc1Cl. The van der Waals surface area contributed by atoms with Gasteiger partial charge in [-0.2, -0.15) is 5.26 Å². The molecule has 0 unspecified atom stereocenters. The number of nitrogens with zero attached hydrogens (tertiary/aromatic N) is 1. The van der Waals surface area contributed by atoms with E-state index >= 15 is 0 Å². The first-order valence-electron chi connectivity index (χ1n) is 9.03. The first-order valence-corrected chi connectivity index (χ1v) is 9.40. The Bertz CT molecular complexity index is 1190. The summed E-state index contributed by atoms with van der Waals surface area (Å²) in [5.41, 5.74) is 0.883. The molecule has 0 spiro atoms. The van der Waals surface area contributed by atoms with E-state index in [-0.39, 0.29) is 24.2 Å². The summed E-state index contributed by atoms with van der Waals surface area (Å²) in [4.78, 5) is 24.8. The number of benzene rings is 2. The second-order valence-corrected chi connectivity index (χ2v) is 6.78. The smallest absolute Gasteiger partial charge is 0.354 e. The zero-order chi connectivity index (χ0) is 21.0. The van der Waals surface area contributed by atoms with Crippen molar-refractivity contribution in [1.29, 1.82) is 5.26 Å². The summed E-state index contributed by atoms with van der Waals surface area (Å²) in [6.45, 7) is 5.84. The molecule has 0 aliphatic carbocycles. The first-order chi connectivity index (χ1) is 14.0. The van der Waals surface area contributed by atoms with Gasteiger partial charge in [0.05, 0.1) is 6.61 Å². The summed E-state index contributed by atoms with van der Waals surface area (Å²) in [7, 11) is 0. The molecule has 1 aromatic heterocycles. The largest absolute Gasteiger partial charge is 0.463 e. The molecular formula is C23H18ClNO4. The topological polar surface area (TPSA) is 80.3 Å². The van der Waals surface area contributed by atoms with Crippen molar-refractivity contribution < 1.29 is 13.9 Å². The number of nitriles is 1. The quantitative estimate of drug-likeness (QED) is 0.334. The normalized spacial score (nSPS) is 11.6. The van der Waals surface area contributed by atoms with Crippen LogP contribution in [0.2, 0.25) is 5.02 Å². The minimum Gasteiger partial charge on any atom is -0.463 e. The molecule has 3 aromatic rings. The number of hydrogen-bond acceptors (Lipinski definition) is 5. The third kappa shape index (κ3) is 4.08. The zero-order valence-corrected chi connectivity index (χ0v) is 16.5. The van der Waals surface area contributed by atoms with Crippen LogP contribution in [-0.2, 0) is 16.0 Å². The Kier molecular flexibility index (Phi) is 6.16. The number of carbonyl (C=O) groups is 1. The van der Waals surface area contributed by atoms with Crippen LogP contribution in [0.1, 0.15) is 29.5 Å². The van der Waals surface area contributed by atoms with Crippen molar-refractivity contribution in [2.24, 2.45) is 0 Å². The Morgan fingerprint density at radius 1 is 1.24 bits per heavy atom. The fraction of sp³-hybridized carbons (Fsp3) is 0.174. The molecule has 0 N–H and O–H groups in total. The van der Waals surface area contributed by atoms with Gasteiger partial charge in [-0.15, -0.1) is 0 Å². The number of fused-ring (bicyclic) bond motifs is 1. The lowest BCUT2D eigenvalue weighted by molar-refractivity contribution is -0.138. The molecule has 0 saturated carbocycles. The molecular weight excluding hydrogens is 390 g/mol. The lowest BCUT2D eigenvalue weighted by Gasteiger charge is -2.21. The molecule has 146 valence electrons. The number of ether oxygens (including phenoxy) is 1. The van der Waals surface area contributed by atoms with E-state index in [2.05, 4.69) is 6.58 Å². The summed E-state index contributed by atoms with van der Waals surface area (Å²) in [5.74, 6) is -1.14. The Morgan fingerprint density at radius 2 is 1.93 bits per heavy atom. The van der Waals surface area contributed by atoms with Gasteiger partial charge in [-0.05, 0) is 36.6 Å². The molecule has 1 heterocycles. The van der Waals surface area contributed by atoms with Gasteiger partial charge in [-0.25, -0.2) is 9.59 Å². The van der Waals surface area contributed by atoms with Crippen molar-refractivity contribution in [2.75, 3.05) is 6.61 Å². The van der Waals surface area contributed by atoms with Gasteiger partial charge in [0.1, 0.15) is 17.2 Å². The maximum Gasteiger partial charge on any atom is 0.354 e.